The summed E-state index contributed by atoms with van der Waals surface area (Å²) in [5, 5.41) is 4.58. The molecule has 18 heavy (non-hydrogen) atoms. The third-order valence-electron chi connectivity index (χ3n) is 3.99. The van der Waals surface area contributed by atoms with E-state index in [1.54, 1.807) is 0 Å². The molecule has 102 valence electrons. The van der Waals surface area contributed by atoms with E-state index in [0.29, 0.717) is 6.04 Å². The van der Waals surface area contributed by atoms with Crippen molar-refractivity contribution < 1.29 is 0 Å². The Morgan fingerprint density at radius 1 is 1.39 bits per heavy atom. The van der Waals surface area contributed by atoms with Crippen LogP contribution in [0.3, 0.4) is 0 Å². The smallest absolute Gasteiger partial charge is 0.150 e. The summed E-state index contributed by atoms with van der Waals surface area (Å²) in [6.07, 6.45) is 3.59. The lowest BCUT2D eigenvalue weighted by molar-refractivity contribution is 0.371. The van der Waals surface area contributed by atoms with Crippen molar-refractivity contribution in [2.24, 2.45) is 5.92 Å². The summed E-state index contributed by atoms with van der Waals surface area (Å²) in [7, 11) is 0. The SMILES string of the molecule is CCCn1nc(C)c(N)c1N1CCC(C)CC1C. The molecular weight excluding hydrogens is 224 g/mol. The zero-order chi connectivity index (χ0) is 13.3. The first-order valence-corrected chi connectivity index (χ1v) is 7.14. The summed E-state index contributed by atoms with van der Waals surface area (Å²) in [5.41, 5.74) is 8.06. The Morgan fingerprint density at radius 3 is 2.72 bits per heavy atom. The highest BCUT2D eigenvalue weighted by Crippen LogP contribution is 2.33. The largest absolute Gasteiger partial charge is 0.394 e. The lowest BCUT2D eigenvalue weighted by atomic mass is 9.93. The minimum absolute atomic E-state index is 0.558. The highest BCUT2D eigenvalue weighted by atomic mass is 15.4. The summed E-state index contributed by atoms with van der Waals surface area (Å²) < 4.78 is 2.09. The fourth-order valence-corrected chi connectivity index (χ4v) is 2.98. The third kappa shape index (κ3) is 2.33. The van der Waals surface area contributed by atoms with Gasteiger partial charge in [0.1, 0.15) is 0 Å². The van der Waals surface area contributed by atoms with Gasteiger partial charge in [-0.05, 0) is 39.0 Å². The van der Waals surface area contributed by atoms with Crippen LogP contribution >= 0.6 is 0 Å². The van der Waals surface area contributed by atoms with Gasteiger partial charge in [0.2, 0.25) is 0 Å². The molecule has 2 heterocycles. The summed E-state index contributed by atoms with van der Waals surface area (Å²) >= 11 is 0. The Kier molecular flexibility index (Phi) is 3.83. The van der Waals surface area contributed by atoms with Gasteiger partial charge in [-0.3, -0.25) is 0 Å². The Morgan fingerprint density at radius 2 is 2.11 bits per heavy atom. The van der Waals surface area contributed by atoms with Gasteiger partial charge in [0.15, 0.2) is 5.82 Å². The lowest BCUT2D eigenvalue weighted by Gasteiger charge is -2.38. The van der Waals surface area contributed by atoms with Crippen LogP contribution in [0, 0.1) is 12.8 Å². The van der Waals surface area contributed by atoms with Crippen LogP contribution in [0.4, 0.5) is 11.5 Å². The predicted octanol–water partition coefficient (Wildman–Crippen LogP) is 2.81. The Balaban J connectivity index is 2.31. The molecule has 0 radical (unpaired) electrons. The Labute approximate surface area is 110 Å². The average Bonchev–Trinajstić information content (AvgIpc) is 2.57. The van der Waals surface area contributed by atoms with Crippen molar-refractivity contribution in [3.05, 3.63) is 5.69 Å². The van der Waals surface area contributed by atoms with Crippen LogP contribution < -0.4 is 10.6 Å². The van der Waals surface area contributed by atoms with Gasteiger partial charge in [-0.25, -0.2) is 4.68 Å². The molecule has 2 atom stereocenters. The maximum Gasteiger partial charge on any atom is 0.150 e. The second-order valence-corrected chi connectivity index (χ2v) is 5.72. The van der Waals surface area contributed by atoms with Gasteiger partial charge in [0, 0.05) is 19.1 Å². The second kappa shape index (κ2) is 5.21. The zero-order valence-electron chi connectivity index (χ0n) is 12.1. The normalized spacial score (nSPS) is 24.6. The maximum atomic E-state index is 6.24. The summed E-state index contributed by atoms with van der Waals surface area (Å²) in [5.74, 6) is 1.97. The maximum absolute atomic E-state index is 6.24. The van der Waals surface area contributed by atoms with Crippen LogP contribution in [0.1, 0.15) is 45.7 Å². The molecule has 2 N–H and O–H groups in total. The van der Waals surface area contributed by atoms with Crippen LogP contribution in [0.5, 0.6) is 0 Å². The summed E-state index contributed by atoms with van der Waals surface area (Å²) in [4.78, 5) is 2.45. The number of nitrogens with zero attached hydrogens (tertiary/aromatic N) is 3. The number of nitrogen functional groups attached to an aromatic ring is 1. The van der Waals surface area contributed by atoms with Gasteiger partial charge < -0.3 is 10.6 Å². The van der Waals surface area contributed by atoms with E-state index < -0.39 is 0 Å². The van der Waals surface area contributed by atoms with Crippen molar-refractivity contribution in [2.75, 3.05) is 17.2 Å². The minimum atomic E-state index is 0.558. The Hall–Kier alpha value is -1.19. The van der Waals surface area contributed by atoms with Gasteiger partial charge in [-0.1, -0.05) is 13.8 Å². The van der Waals surface area contributed by atoms with E-state index in [1.807, 2.05) is 6.92 Å². The van der Waals surface area contributed by atoms with E-state index in [2.05, 4.69) is 35.5 Å². The number of hydrogen-bond acceptors (Lipinski definition) is 3. The molecular formula is C14H26N4. The van der Waals surface area contributed by atoms with E-state index in [1.165, 1.54) is 12.8 Å². The molecule has 2 rings (SSSR count). The van der Waals surface area contributed by atoms with Crippen LogP contribution in [0.25, 0.3) is 0 Å². The van der Waals surface area contributed by atoms with Crippen LogP contribution in [-0.4, -0.2) is 22.4 Å². The molecule has 1 aliphatic rings. The van der Waals surface area contributed by atoms with Crippen LogP contribution in [0.2, 0.25) is 0 Å². The number of anilines is 2. The number of aryl methyl sites for hydroxylation is 2. The molecule has 1 aromatic heterocycles. The predicted molar refractivity (Wildman–Crippen MR) is 76.9 cm³/mol. The number of nitrogens with two attached hydrogens (primary N) is 1. The molecule has 1 fully saturated rings. The monoisotopic (exact) mass is 250 g/mol. The molecule has 4 heteroatoms. The number of piperidine rings is 1. The van der Waals surface area contributed by atoms with Gasteiger partial charge >= 0.3 is 0 Å². The lowest BCUT2D eigenvalue weighted by Crippen LogP contribution is -2.41. The molecule has 0 aliphatic carbocycles. The van der Waals surface area contributed by atoms with Crippen molar-refractivity contribution in [3.63, 3.8) is 0 Å². The molecule has 0 spiro atoms. The Bertz CT molecular complexity index is 410. The first kappa shape index (κ1) is 13.2. The number of aromatic nitrogens is 2. The van der Waals surface area contributed by atoms with Gasteiger partial charge in [-0.15, -0.1) is 0 Å². The van der Waals surface area contributed by atoms with Gasteiger partial charge in [0.25, 0.3) is 0 Å². The van der Waals surface area contributed by atoms with E-state index in [0.717, 1.165) is 42.6 Å². The standard InChI is InChI=1S/C14H26N4/c1-5-7-18-14(13(15)12(4)16-18)17-8-6-10(2)9-11(17)3/h10-11H,5-9,15H2,1-4H3. The van der Waals surface area contributed by atoms with Crippen molar-refractivity contribution in [2.45, 2.75) is 59.5 Å². The molecule has 0 bridgehead atoms. The van der Waals surface area contributed by atoms with Crippen LogP contribution in [-0.2, 0) is 6.54 Å². The highest BCUT2D eigenvalue weighted by Gasteiger charge is 2.27. The van der Waals surface area contributed by atoms with Gasteiger partial charge in [0.05, 0.1) is 11.4 Å². The summed E-state index contributed by atoms with van der Waals surface area (Å²) in [6, 6.07) is 0.558. The van der Waals surface area contributed by atoms with Crippen molar-refractivity contribution in [1.29, 1.82) is 0 Å². The minimum Gasteiger partial charge on any atom is -0.394 e. The fraction of sp³-hybridized carbons (Fsp3) is 0.786. The zero-order valence-corrected chi connectivity index (χ0v) is 12.1. The van der Waals surface area contributed by atoms with E-state index in [9.17, 15) is 0 Å². The quantitative estimate of drug-likeness (QED) is 0.897. The third-order valence-corrected chi connectivity index (χ3v) is 3.99. The number of hydrogen-bond donors (Lipinski definition) is 1. The molecule has 1 aliphatic heterocycles. The van der Waals surface area contributed by atoms with Crippen molar-refractivity contribution in [3.8, 4) is 0 Å². The molecule has 1 saturated heterocycles. The topological polar surface area (TPSA) is 47.1 Å². The van der Waals surface area contributed by atoms with E-state index in [-0.39, 0.29) is 0 Å². The number of rotatable bonds is 3. The average molecular weight is 250 g/mol. The molecule has 4 nitrogen and oxygen atoms in total. The molecule has 1 aromatic rings. The molecule has 2 unspecified atom stereocenters. The first-order valence-electron chi connectivity index (χ1n) is 7.14. The molecule has 0 aromatic carbocycles. The van der Waals surface area contributed by atoms with Gasteiger partial charge in [-0.2, -0.15) is 5.10 Å². The van der Waals surface area contributed by atoms with Crippen molar-refractivity contribution >= 4 is 11.5 Å². The highest BCUT2D eigenvalue weighted by molar-refractivity contribution is 5.66. The second-order valence-electron chi connectivity index (χ2n) is 5.72. The fourth-order valence-electron chi connectivity index (χ4n) is 2.98. The van der Waals surface area contributed by atoms with E-state index >= 15 is 0 Å². The van der Waals surface area contributed by atoms with Crippen LogP contribution in [0.15, 0.2) is 0 Å². The van der Waals surface area contributed by atoms with Crippen molar-refractivity contribution in [1.82, 2.24) is 9.78 Å². The first-order chi connectivity index (χ1) is 8.54. The molecule has 0 saturated carbocycles. The summed E-state index contributed by atoms with van der Waals surface area (Å²) in [6.45, 7) is 10.9. The molecule has 0 amide bonds. The van der Waals surface area contributed by atoms with E-state index in [4.69, 9.17) is 5.73 Å².